The van der Waals surface area contributed by atoms with Crippen molar-refractivity contribution in [3.05, 3.63) is 40.1 Å². The molecule has 16 heavy (non-hydrogen) atoms. The van der Waals surface area contributed by atoms with Gasteiger partial charge < -0.3 is 5.73 Å². The number of benzene rings is 1. The first-order valence-electron chi connectivity index (χ1n) is 5.59. The van der Waals surface area contributed by atoms with Gasteiger partial charge in [0.25, 0.3) is 0 Å². The van der Waals surface area contributed by atoms with Gasteiger partial charge in [-0.2, -0.15) is 0 Å². The van der Waals surface area contributed by atoms with Crippen LogP contribution in [0.5, 0.6) is 0 Å². The van der Waals surface area contributed by atoms with Crippen molar-refractivity contribution in [1.29, 1.82) is 0 Å². The Hall–Kier alpha value is -0.670. The standard InChI is InChI=1S/C13H15BrFN/c14-12-7-3-6-11(13(12)15)9-4-1-2-5-10(16)8-9/h3,6-8,10H,1-2,4-5,16H2. The molecule has 0 aliphatic heterocycles. The van der Waals surface area contributed by atoms with Crippen LogP contribution in [0.15, 0.2) is 28.7 Å². The summed E-state index contributed by atoms with van der Waals surface area (Å²) in [6.45, 7) is 0. The molecule has 0 saturated carbocycles. The van der Waals surface area contributed by atoms with Crippen LogP contribution in [0.3, 0.4) is 0 Å². The summed E-state index contributed by atoms with van der Waals surface area (Å²) >= 11 is 3.21. The van der Waals surface area contributed by atoms with E-state index in [-0.39, 0.29) is 11.9 Å². The van der Waals surface area contributed by atoms with Crippen LogP contribution in [0.2, 0.25) is 0 Å². The molecule has 0 bridgehead atoms. The third-order valence-corrected chi connectivity index (χ3v) is 3.56. The normalized spacial score (nSPS) is 21.4. The van der Waals surface area contributed by atoms with Crippen LogP contribution in [0.4, 0.5) is 4.39 Å². The maximum absolute atomic E-state index is 13.9. The largest absolute Gasteiger partial charge is 0.324 e. The molecule has 3 heteroatoms. The van der Waals surface area contributed by atoms with E-state index in [0.29, 0.717) is 10.0 Å². The minimum absolute atomic E-state index is 0.0656. The second kappa shape index (κ2) is 5.11. The van der Waals surface area contributed by atoms with Crippen molar-refractivity contribution in [2.24, 2.45) is 5.73 Å². The predicted octanol–water partition coefficient (Wildman–Crippen LogP) is 3.87. The van der Waals surface area contributed by atoms with Gasteiger partial charge in [0.2, 0.25) is 0 Å². The molecule has 0 fully saturated rings. The zero-order chi connectivity index (χ0) is 11.5. The molecule has 0 amide bonds. The first-order valence-corrected chi connectivity index (χ1v) is 6.38. The lowest BCUT2D eigenvalue weighted by Gasteiger charge is -2.09. The van der Waals surface area contributed by atoms with Crippen LogP contribution in [-0.4, -0.2) is 6.04 Å². The molecule has 1 nitrogen and oxygen atoms in total. The van der Waals surface area contributed by atoms with Crippen molar-refractivity contribution in [3.8, 4) is 0 Å². The Balaban J connectivity index is 2.38. The summed E-state index contributed by atoms with van der Waals surface area (Å²) in [6.07, 6.45) is 6.14. The molecule has 2 rings (SSSR count). The lowest BCUT2D eigenvalue weighted by atomic mass is 10.0. The molecule has 2 N–H and O–H groups in total. The fourth-order valence-electron chi connectivity index (χ4n) is 2.10. The topological polar surface area (TPSA) is 26.0 Å². The van der Waals surface area contributed by atoms with E-state index in [1.165, 1.54) is 0 Å². The van der Waals surface area contributed by atoms with Crippen molar-refractivity contribution in [3.63, 3.8) is 0 Å². The summed E-state index contributed by atoms with van der Waals surface area (Å²) in [7, 11) is 0. The van der Waals surface area contributed by atoms with Gasteiger partial charge in [0, 0.05) is 11.6 Å². The highest BCUT2D eigenvalue weighted by Gasteiger charge is 2.14. The molecule has 86 valence electrons. The highest BCUT2D eigenvalue weighted by Crippen LogP contribution is 2.30. The SMILES string of the molecule is NC1C=C(c2cccc(Br)c2F)CCCC1. The number of halogens is 2. The molecule has 1 atom stereocenters. The Labute approximate surface area is 104 Å². The van der Waals surface area contributed by atoms with Gasteiger partial charge >= 0.3 is 0 Å². The third kappa shape index (κ3) is 2.53. The lowest BCUT2D eigenvalue weighted by molar-refractivity contribution is 0.615. The summed E-state index contributed by atoms with van der Waals surface area (Å²) in [5.74, 6) is -0.178. The molecule has 1 aromatic rings. The smallest absolute Gasteiger partial charge is 0.144 e. The van der Waals surface area contributed by atoms with Gasteiger partial charge in [-0.05, 0) is 46.8 Å². The van der Waals surface area contributed by atoms with Gasteiger partial charge in [0.05, 0.1) is 4.47 Å². The van der Waals surface area contributed by atoms with Gasteiger partial charge in [-0.25, -0.2) is 4.39 Å². The highest BCUT2D eigenvalue weighted by atomic mass is 79.9. The van der Waals surface area contributed by atoms with Crippen LogP contribution >= 0.6 is 15.9 Å². The summed E-state index contributed by atoms with van der Waals surface area (Å²) in [6, 6.07) is 5.47. The van der Waals surface area contributed by atoms with Crippen LogP contribution in [-0.2, 0) is 0 Å². The van der Waals surface area contributed by atoms with Crippen LogP contribution in [0, 0.1) is 5.82 Å². The Bertz CT molecular complexity index is 414. The van der Waals surface area contributed by atoms with E-state index in [0.717, 1.165) is 31.3 Å². The van der Waals surface area contributed by atoms with E-state index >= 15 is 0 Å². The van der Waals surface area contributed by atoms with E-state index in [1.54, 1.807) is 6.07 Å². The van der Waals surface area contributed by atoms with Gasteiger partial charge in [-0.15, -0.1) is 0 Å². The van der Waals surface area contributed by atoms with Crippen molar-refractivity contribution in [2.45, 2.75) is 31.7 Å². The molecule has 0 heterocycles. The van der Waals surface area contributed by atoms with Gasteiger partial charge in [0.15, 0.2) is 0 Å². The number of hydrogen-bond acceptors (Lipinski definition) is 1. The molecule has 0 radical (unpaired) electrons. The molecule has 1 unspecified atom stereocenters. The molecular weight excluding hydrogens is 269 g/mol. The van der Waals surface area contributed by atoms with Crippen LogP contribution in [0.1, 0.15) is 31.2 Å². The van der Waals surface area contributed by atoms with Crippen molar-refractivity contribution < 1.29 is 4.39 Å². The Morgan fingerprint density at radius 2 is 2.12 bits per heavy atom. The average molecular weight is 284 g/mol. The quantitative estimate of drug-likeness (QED) is 0.832. The van der Waals surface area contributed by atoms with Crippen LogP contribution in [0.25, 0.3) is 5.57 Å². The monoisotopic (exact) mass is 283 g/mol. The van der Waals surface area contributed by atoms with Gasteiger partial charge in [0.1, 0.15) is 5.82 Å². The maximum Gasteiger partial charge on any atom is 0.144 e. The molecule has 0 spiro atoms. The molecule has 1 aliphatic rings. The minimum Gasteiger partial charge on any atom is -0.324 e. The Kier molecular flexibility index (Phi) is 3.77. The fraction of sp³-hybridized carbons (Fsp3) is 0.385. The molecule has 1 aliphatic carbocycles. The first-order chi connectivity index (χ1) is 7.68. The molecule has 0 saturated heterocycles. The van der Waals surface area contributed by atoms with Crippen molar-refractivity contribution >= 4 is 21.5 Å². The zero-order valence-electron chi connectivity index (χ0n) is 9.05. The van der Waals surface area contributed by atoms with Crippen molar-refractivity contribution in [2.75, 3.05) is 0 Å². The summed E-state index contributed by atoms with van der Waals surface area (Å²) in [5.41, 5.74) is 7.67. The molecule has 1 aromatic carbocycles. The Morgan fingerprint density at radius 3 is 2.94 bits per heavy atom. The summed E-state index contributed by atoms with van der Waals surface area (Å²) in [5, 5.41) is 0. The van der Waals surface area contributed by atoms with Crippen LogP contribution < -0.4 is 5.73 Å². The second-order valence-corrected chi connectivity index (χ2v) is 5.06. The molecular formula is C13H15BrFN. The predicted molar refractivity (Wildman–Crippen MR) is 68.5 cm³/mol. The number of nitrogens with two attached hydrogens (primary N) is 1. The second-order valence-electron chi connectivity index (χ2n) is 4.20. The number of rotatable bonds is 1. The zero-order valence-corrected chi connectivity index (χ0v) is 10.6. The van der Waals surface area contributed by atoms with E-state index < -0.39 is 0 Å². The van der Waals surface area contributed by atoms with Gasteiger partial charge in [-0.3, -0.25) is 0 Å². The third-order valence-electron chi connectivity index (χ3n) is 2.95. The van der Waals surface area contributed by atoms with Crippen molar-refractivity contribution in [1.82, 2.24) is 0 Å². The van der Waals surface area contributed by atoms with E-state index in [4.69, 9.17) is 5.73 Å². The average Bonchev–Trinajstić information content (AvgIpc) is 2.47. The van der Waals surface area contributed by atoms with Gasteiger partial charge in [-0.1, -0.05) is 24.6 Å². The highest BCUT2D eigenvalue weighted by molar-refractivity contribution is 9.10. The lowest BCUT2D eigenvalue weighted by Crippen LogP contribution is -2.15. The first kappa shape index (κ1) is 11.8. The summed E-state index contributed by atoms with van der Waals surface area (Å²) < 4.78 is 14.4. The fourth-order valence-corrected chi connectivity index (χ4v) is 2.46. The Morgan fingerprint density at radius 1 is 1.31 bits per heavy atom. The minimum atomic E-state index is -0.178. The molecule has 0 aromatic heterocycles. The summed E-state index contributed by atoms with van der Waals surface area (Å²) in [4.78, 5) is 0. The number of hydrogen-bond donors (Lipinski definition) is 1. The van der Waals surface area contributed by atoms with E-state index in [2.05, 4.69) is 15.9 Å². The van der Waals surface area contributed by atoms with E-state index in [1.807, 2.05) is 18.2 Å². The number of allylic oxidation sites excluding steroid dienone is 1. The van der Waals surface area contributed by atoms with E-state index in [9.17, 15) is 4.39 Å². The maximum atomic E-state index is 13.9.